The van der Waals surface area contributed by atoms with Gasteiger partial charge in [0, 0.05) is 32.1 Å². The van der Waals surface area contributed by atoms with Gasteiger partial charge in [0.2, 0.25) is 5.91 Å². The van der Waals surface area contributed by atoms with Gasteiger partial charge in [-0.05, 0) is 100 Å². The van der Waals surface area contributed by atoms with Crippen molar-refractivity contribution in [1.82, 2.24) is 14.8 Å². The molecule has 4 saturated carbocycles. The van der Waals surface area contributed by atoms with Gasteiger partial charge in [0.1, 0.15) is 0 Å². The molecule has 0 unspecified atom stereocenters. The maximum Gasteiger partial charge on any atom is 0.228 e. The minimum absolute atomic E-state index is 0.00975. The molecule has 1 spiro atoms. The van der Waals surface area contributed by atoms with E-state index in [1.54, 1.807) is 6.20 Å². The first-order valence-corrected chi connectivity index (χ1v) is 12.5. The summed E-state index contributed by atoms with van der Waals surface area (Å²) in [6.45, 7) is 4.43. The van der Waals surface area contributed by atoms with E-state index in [1.165, 1.54) is 44.9 Å². The van der Waals surface area contributed by atoms with Crippen molar-refractivity contribution in [3.05, 3.63) is 30.1 Å². The van der Waals surface area contributed by atoms with Crippen LogP contribution in [0.3, 0.4) is 0 Å². The highest BCUT2D eigenvalue weighted by Gasteiger charge is 2.59. The first-order chi connectivity index (χ1) is 15.0. The van der Waals surface area contributed by atoms with E-state index in [9.17, 15) is 4.79 Å². The molecule has 0 N–H and O–H groups in total. The molecule has 1 atom stereocenters. The molecule has 5 nitrogen and oxygen atoms in total. The van der Waals surface area contributed by atoms with E-state index in [1.807, 2.05) is 12.3 Å². The van der Waals surface area contributed by atoms with E-state index in [0.717, 1.165) is 56.0 Å². The smallest absolute Gasteiger partial charge is 0.228 e. The van der Waals surface area contributed by atoms with Gasteiger partial charge in [0.25, 0.3) is 0 Å². The molecule has 4 bridgehead atoms. The van der Waals surface area contributed by atoms with E-state index < -0.39 is 0 Å². The summed E-state index contributed by atoms with van der Waals surface area (Å²) in [6.07, 6.45) is 13.8. The average Bonchev–Trinajstić information content (AvgIpc) is 2.73. The number of amides is 1. The Balaban J connectivity index is 1.06. The van der Waals surface area contributed by atoms with Crippen LogP contribution >= 0.6 is 0 Å². The van der Waals surface area contributed by atoms with E-state index in [-0.39, 0.29) is 11.0 Å². The van der Waals surface area contributed by atoms with E-state index in [0.29, 0.717) is 18.4 Å². The number of carbonyl (C=O) groups excluding carboxylic acids is 1. The van der Waals surface area contributed by atoms with Crippen molar-refractivity contribution in [1.29, 1.82) is 0 Å². The number of hydrogen-bond donors (Lipinski definition) is 0. The zero-order valence-electron chi connectivity index (χ0n) is 19.0. The highest BCUT2D eigenvalue weighted by atomic mass is 16.5. The topological polar surface area (TPSA) is 45.7 Å². The molecular weight excluding hydrogens is 386 g/mol. The molecule has 168 valence electrons. The number of piperidine rings is 1. The fraction of sp³-hybridized carbons (Fsp3) is 0.769. The van der Waals surface area contributed by atoms with Crippen LogP contribution in [0.5, 0.6) is 0 Å². The first-order valence-electron chi connectivity index (χ1n) is 12.5. The van der Waals surface area contributed by atoms with Gasteiger partial charge in [-0.1, -0.05) is 6.07 Å². The third-order valence-corrected chi connectivity index (χ3v) is 9.45. The van der Waals surface area contributed by atoms with Crippen molar-refractivity contribution in [2.45, 2.75) is 63.5 Å². The molecule has 1 aromatic heterocycles. The van der Waals surface area contributed by atoms with Crippen LogP contribution in [0.15, 0.2) is 24.5 Å². The van der Waals surface area contributed by atoms with Gasteiger partial charge >= 0.3 is 0 Å². The number of pyridine rings is 1. The maximum atomic E-state index is 13.7. The van der Waals surface area contributed by atoms with Crippen molar-refractivity contribution < 1.29 is 9.53 Å². The van der Waals surface area contributed by atoms with Crippen LogP contribution < -0.4 is 0 Å². The van der Waals surface area contributed by atoms with Crippen molar-refractivity contribution >= 4 is 5.91 Å². The summed E-state index contributed by atoms with van der Waals surface area (Å²) in [5.41, 5.74) is 1.33. The first kappa shape index (κ1) is 20.2. The molecule has 6 aliphatic rings. The van der Waals surface area contributed by atoms with Crippen molar-refractivity contribution in [2.75, 3.05) is 33.3 Å². The lowest BCUT2D eigenvalue weighted by atomic mass is 9.49. The fourth-order valence-corrected chi connectivity index (χ4v) is 8.26. The Hall–Kier alpha value is -1.46. The lowest BCUT2D eigenvalue weighted by Crippen LogP contribution is -2.74. The number of rotatable bonds is 5. The van der Waals surface area contributed by atoms with Crippen LogP contribution in [0.25, 0.3) is 0 Å². The summed E-state index contributed by atoms with van der Waals surface area (Å²) in [6, 6.07) is 4.04. The lowest BCUT2D eigenvalue weighted by molar-refractivity contribution is -0.175. The fourth-order valence-electron chi connectivity index (χ4n) is 8.26. The second-order valence-corrected chi connectivity index (χ2v) is 11.7. The number of ether oxygens (including phenoxy) is 1. The van der Waals surface area contributed by atoms with Crippen LogP contribution in [-0.4, -0.2) is 59.5 Å². The number of hydrogen-bond acceptors (Lipinski definition) is 4. The normalized spacial score (nSPS) is 38.4. The van der Waals surface area contributed by atoms with Gasteiger partial charge in [-0.25, -0.2) is 0 Å². The number of likely N-dealkylation sites (tertiary alicyclic amines) is 2. The number of nitrogens with zero attached hydrogens (tertiary/aromatic N) is 3. The van der Waals surface area contributed by atoms with E-state index in [4.69, 9.17) is 4.74 Å². The Morgan fingerprint density at radius 1 is 1.13 bits per heavy atom. The number of likely N-dealkylation sites (N-methyl/N-ethyl adjacent to an activating group) is 1. The van der Waals surface area contributed by atoms with Crippen molar-refractivity contribution in [3.63, 3.8) is 0 Å². The third kappa shape index (κ3) is 3.52. The highest BCUT2D eigenvalue weighted by molar-refractivity contribution is 5.84. The molecule has 31 heavy (non-hydrogen) atoms. The largest absolute Gasteiger partial charge is 0.376 e. The maximum absolute atomic E-state index is 13.7. The zero-order chi connectivity index (χ0) is 21.1. The Morgan fingerprint density at radius 2 is 1.84 bits per heavy atom. The Bertz CT molecular complexity index is 784. The predicted molar refractivity (Wildman–Crippen MR) is 119 cm³/mol. The Morgan fingerprint density at radius 3 is 2.48 bits per heavy atom. The minimum Gasteiger partial charge on any atom is -0.376 e. The van der Waals surface area contributed by atoms with Crippen LogP contribution in [0.4, 0.5) is 0 Å². The van der Waals surface area contributed by atoms with Crippen LogP contribution in [0, 0.1) is 29.1 Å². The average molecular weight is 424 g/mol. The Labute approximate surface area is 186 Å². The molecule has 5 heteroatoms. The molecular formula is C26H37N3O2. The zero-order valence-corrected chi connectivity index (χ0v) is 19.0. The second kappa shape index (κ2) is 7.55. The van der Waals surface area contributed by atoms with Gasteiger partial charge in [-0.2, -0.15) is 0 Å². The van der Waals surface area contributed by atoms with Crippen LogP contribution in [-0.2, 0) is 16.1 Å². The van der Waals surface area contributed by atoms with E-state index >= 15 is 0 Å². The summed E-state index contributed by atoms with van der Waals surface area (Å²) < 4.78 is 6.06. The number of carbonyl (C=O) groups is 1. The molecule has 3 heterocycles. The SMILES string of the molecule is CN1CC[C@@H](COCc2cccnc2)CC12CN(C(=O)C13CC4CC(CC(C4)C1)C3)C2. The molecule has 7 rings (SSSR count). The standard InChI is InChI=1S/C26H37N3O2/c1-28-6-4-19(15-31-16-20-3-2-5-27-14-20)13-26(28)17-29(18-26)24(30)25-10-21-7-22(11-25)9-23(8-21)12-25/h2-3,5,14,19,21-23H,4,6-13,15-18H2,1H3/t19-,21?,22?,23?,25?/m1/s1. The molecule has 1 aromatic rings. The summed E-state index contributed by atoms with van der Waals surface area (Å²) in [5.74, 6) is 3.61. The molecule has 2 aliphatic heterocycles. The van der Waals surface area contributed by atoms with Crippen LogP contribution in [0.1, 0.15) is 56.9 Å². The summed E-state index contributed by atoms with van der Waals surface area (Å²) in [4.78, 5) is 22.6. The van der Waals surface area contributed by atoms with Gasteiger partial charge in [0.05, 0.1) is 17.6 Å². The minimum atomic E-state index is 0.00975. The molecule has 0 radical (unpaired) electrons. The lowest BCUT2D eigenvalue weighted by Gasteiger charge is -2.62. The molecule has 4 aliphatic carbocycles. The molecule has 0 aromatic carbocycles. The van der Waals surface area contributed by atoms with Crippen molar-refractivity contribution in [2.24, 2.45) is 29.1 Å². The Kier molecular flexibility index (Phi) is 4.91. The van der Waals surface area contributed by atoms with E-state index in [2.05, 4.69) is 27.9 Å². The van der Waals surface area contributed by atoms with Gasteiger partial charge in [0.15, 0.2) is 0 Å². The van der Waals surface area contributed by atoms with Gasteiger partial charge in [-0.15, -0.1) is 0 Å². The van der Waals surface area contributed by atoms with Gasteiger partial charge in [-0.3, -0.25) is 14.7 Å². The summed E-state index contributed by atoms with van der Waals surface area (Å²) in [7, 11) is 2.26. The third-order valence-electron chi connectivity index (χ3n) is 9.45. The number of aromatic nitrogens is 1. The van der Waals surface area contributed by atoms with Crippen LogP contribution in [0.2, 0.25) is 0 Å². The molecule has 6 fully saturated rings. The highest BCUT2D eigenvalue weighted by Crippen LogP contribution is 2.61. The summed E-state index contributed by atoms with van der Waals surface area (Å²) >= 11 is 0. The predicted octanol–water partition coefficient (Wildman–Crippen LogP) is 3.74. The molecule has 1 amide bonds. The monoisotopic (exact) mass is 423 g/mol. The van der Waals surface area contributed by atoms with Crippen molar-refractivity contribution in [3.8, 4) is 0 Å². The summed E-state index contributed by atoms with van der Waals surface area (Å²) in [5, 5.41) is 0. The second-order valence-electron chi connectivity index (χ2n) is 11.7. The quantitative estimate of drug-likeness (QED) is 0.724. The van der Waals surface area contributed by atoms with Gasteiger partial charge < -0.3 is 9.64 Å². The molecule has 2 saturated heterocycles.